The molecule has 0 heterocycles. The number of methoxy groups -OCH3 is 1. The van der Waals surface area contributed by atoms with Crippen LogP contribution in [0.5, 0.6) is 11.5 Å². The number of rotatable bonds is 8. The number of nitrogens with one attached hydrogen (secondary N) is 1. The minimum Gasteiger partial charge on any atom is -0.507 e. The van der Waals surface area contributed by atoms with E-state index in [-0.39, 0.29) is 12.4 Å². The summed E-state index contributed by atoms with van der Waals surface area (Å²) >= 11 is 0. The summed E-state index contributed by atoms with van der Waals surface area (Å²) in [5.41, 5.74) is 0.867. The van der Waals surface area contributed by atoms with E-state index in [1.165, 1.54) is 0 Å². The lowest BCUT2D eigenvalue weighted by atomic mass is 10.1. The van der Waals surface area contributed by atoms with Crippen molar-refractivity contribution >= 4 is 0 Å². The zero-order valence-electron chi connectivity index (χ0n) is 11.1. The summed E-state index contributed by atoms with van der Waals surface area (Å²) in [6.45, 7) is 3.81. The molecular formula is C14H23NO3. The van der Waals surface area contributed by atoms with Gasteiger partial charge in [0.1, 0.15) is 11.5 Å². The van der Waals surface area contributed by atoms with Gasteiger partial charge in [0.25, 0.3) is 0 Å². The summed E-state index contributed by atoms with van der Waals surface area (Å²) in [5.74, 6) is 1.28. The normalized spacial score (nSPS) is 12.4. The van der Waals surface area contributed by atoms with Gasteiger partial charge in [0, 0.05) is 24.8 Å². The van der Waals surface area contributed by atoms with E-state index in [0.29, 0.717) is 18.2 Å². The molecule has 0 amide bonds. The third kappa shape index (κ3) is 4.94. The number of phenols is 1. The maximum absolute atomic E-state index is 9.75. The predicted molar refractivity (Wildman–Crippen MR) is 71.8 cm³/mol. The SMILES string of the molecule is COc1ccc(CNCCCC(C)CO)c(O)c1. The van der Waals surface area contributed by atoms with Crippen LogP contribution in [0.3, 0.4) is 0 Å². The fourth-order valence-corrected chi connectivity index (χ4v) is 1.71. The highest BCUT2D eigenvalue weighted by molar-refractivity contribution is 5.39. The van der Waals surface area contributed by atoms with Gasteiger partial charge in [-0.2, -0.15) is 0 Å². The van der Waals surface area contributed by atoms with Crippen molar-refractivity contribution in [3.8, 4) is 11.5 Å². The first-order chi connectivity index (χ1) is 8.67. The molecule has 0 aromatic heterocycles. The van der Waals surface area contributed by atoms with E-state index in [1.807, 2.05) is 19.1 Å². The second-order valence-electron chi connectivity index (χ2n) is 4.60. The lowest BCUT2D eigenvalue weighted by Gasteiger charge is -2.10. The summed E-state index contributed by atoms with van der Waals surface area (Å²) in [7, 11) is 1.58. The summed E-state index contributed by atoms with van der Waals surface area (Å²) in [5, 5.41) is 21.9. The maximum Gasteiger partial charge on any atom is 0.123 e. The molecule has 1 unspecified atom stereocenters. The second-order valence-corrected chi connectivity index (χ2v) is 4.60. The molecule has 0 aliphatic heterocycles. The van der Waals surface area contributed by atoms with Gasteiger partial charge in [0.05, 0.1) is 7.11 Å². The van der Waals surface area contributed by atoms with Crippen LogP contribution in [0, 0.1) is 5.92 Å². The third-order valence-corrected chi connectivity index (χ3v) is 2.97. The Morgan fingerprint density at radius 2 is 2.17 bits per heavy atom. The van der Waals surface area contributed by atoms with E-state index in [1.54, 1.807) is 13.2 Å². The van der Waals surface area contributed by atoms with Crippen molar-refractivity contribution in [1.82, 2.24) is 5.32 Å². The van der Waals surface area contributed by atoms with Crippen LogP contribution in [0.4, 0.5) is 0 Å². The van der Waals surface area contributed by atoms with Gasteiger partial charge in [-0.1, -0.05) is 13.0 Å². The van der Waals surface area contributed by atoms with Crippen LogP contribution in [0.2, 0.25) is 0 Å². The van der Waals surface area contributed by atoms with Crippen LogP contribution < -0.4 is 10.1 Å². The first-order valence-electron chi connectivity index (χ1n) is 6.34. The van der Waals surface area contributed by atoms with Gasteiger partial charge in [-0.3, -0.25) is 0 Å². The molecule has 0 saturated heterocycles. The molecule has 4 heteroatoms. The topological polar surface area (TPSA) is 61.7 Å². The molecule has 1 atom stereocenters. The van der Waals surface area contributed by atoms with Gasteiger partial charge in [0.2, 0.25) is 0 Å². The third-order valence-electron chi connectivity index (χ3n) is 2.97. The molecule has 1 aromatic rings. The van der Waals surface area contributed by atoms with Crippen molar-refractivity contribution in [1.29, 1.82) is 0 Å². The van der Waals surface area contributed by atoms with E-state index >= 15 is 0 Å². The van der Waals surface area contributed by atoms with E-state index in [4.69, 9.17) is 9.84 Å². The van der Waals surface area contributed by atoms with E-state index in [2.05, 4.69) is 5.32 Å². The quantitative estimate of drug-likeness (QED) is 0.619. The largest absolute Gasteiger partial charge is 0.507 e. The molecule has 3 N–H and O–H groups in total. The van der Waals surface area contributed by atoms with E-state index in [9.17, 15) is 5.11 Å². The van der Waals surface area contributed by atoms with E-state index in [0.717, 1.165) is 24.9 Å². The van der Waals surface area contributed by atoms with Crippen LogP contribution in [0.15, 0.2) is 18.2 Å². The molecule has 18 heavy (non-hydrogen) atoms. The van der Waals surface area contributed by atoms with Crippen LogP contribution in [-0.2, 0) is 6.54 Å². The minimum absolute atomic E-state index is 0.249. The minimum atomic E-state index is 0.249. The molecule has 0 spiro atoms. The zero-order valence-corrected chi connectivity index (χ0v) is 11.1. The Morgan fingerprint density at radius 1 is 1.39 bits per heavy atom. The van der Waals surface area contributed by atoms with Crippen molar-refractivity contribution < 1.29 is 14.9 Å². The number of ether oxygens (including phenoxy) is 1. The number of phenolic OH excluding ortho intramolecular Hbond substituents is 1. The maximum atomic E-state index is 9.75. The van der Waals surface area contributed by atoms with Crippen LogP contribution in [-0.4, -0.2) is 30.5 Å². The fraction of sp³-hybridized carbons (Fsp3) is 0.571. The Kier molecular flexibility index (Phi) is 6.54. The Morgan fingerprint density at radius 3 is 2.78 bits per heavy atom. The molecule has 0 aliphatic rings. The molecule has 0 radical (unpaired) electrons. The molecule has 1 aromatic carbocycles. The Bertz CT molecular complexity index is 355. The predicted octanol–water partition coefficient (Wildman–Crippen LogP) is 1.90. The van der Waals surface area contributed by atoms with Crippen LogP contribution in [0.1, 0.15) is 25.3 Å². The molecule has 1 rings (SSSR count). The molecule has 0 fully saturated rings. The molecule has 0 bridgehead atoms. The van der Waals surface area contributed by atoms with Crippen molar-refractivity contribution in [3.05, 3.63) is 23.8 Å². The summed E-state index contributed by atoms with van der Waals surface area (Å²) in [6.07, 6.45) is 2.04. The lowest BCUT2D eigenvalue weighted by Crippen LogP contribution is -2.16. The Balaban J connectivity index is 2.27. The Hall–Kier alpha value is -1.26. The van der Waals surface area contributed by atoms with Crippen molar-refractivity contribution in [2.24, 2.45) is 5.92 Å². The number of benzene rings is 1. The summed E-state index contributed by atoms with van der Waals surface area (Å²) < 4.78 is 5.03. The molecule has 4 nitrogen and oxygen atoms in total. The number of aromatic hydroxyl groups is 1. The van der Waals surface area contributed by atoms with Crippen molar-refractivity contribution in [3.63, 3.8) is 0 Å². The van der Waals surface area contributed by atoms with Crippen LogP contribution >= 0.6 is 0 Å². The lowest BCUT2D eigenvalue weighted by molar-refractivity contribution is 0.228. The van der Waals surface area contributed by atoms with Gasteiger partial charge in [-0.25, -0.2) is 0 Å². The van der Waals surface area contributed by atoms with Gasteiger partial charge in [-0.05, 0) is 31.4 Å². The van der Waals surface area contributed by atoms with Gasteiger partial charge in [0.15, 0.2) is 0 Å². The summed E-state index contributed by atoms with van der Waals surface area (Å²) in [4.78, 5) is 0. The molecular weight excluding hydrogens is 230 g/mol. The Labute approximate surface area is 109 Å². The highest BCUT2D eigenvalue weighted by atomic mass is 16.5. The van der Waals surface area contributed by atoms with Crippen molar-refractivity contribution in [2.75, 3.05) is 20.3 Å². The first-order valence-corrected chi connectivity index (χ1v) is 6.34. The fourth-order valence-electron chi connectivity index (χ4n) is 1.71. The first kappa shape index (κ1) is 14.8. The number of aliphatic hydroxyl groups excluding tert-OH is 1. The van der Waals surface area contributed by atoms with Gasteiger partial charge in [-0.15, -0.1) is 0 Å². The van der Waals surface area contributed by atoms with Gasteiger partial charge >= 0.3 is 0 Å². The average Bonchev–Trinajstić information content (AvgIpc) is 2.39. The molecule has 0 aliphatic carbocycles. The smallest absolute Gasteiger partial charge is 0.123 e. The molecule has 102 valence electrons. The number of aliphatic hydroxyl groups is 1. The second kappa shape index (κ2) is 7.95. The molecule has 0 saturated carbocycles. The highest BCUT2D eigenvalue weighted by Crippen LogP contribution is 2.23. The van der Waals surface area contributed by atoms with E-state index < -0.39 is 0 Å². The average molecular weight is 253 g/mol. The standard InChI is InChI=1S/C14H23NO3/c1-11(10-16)4-3-7-15-9-12-5-6-13(18-2)8-14(12)17/h5-6,8,11,15-17H,3-4,7,9-10H2,1-2H3. The summed E-state index contributed by atoms with van der Waals surface area (Å²) in [6, 6.07) is 5.31. The van der Waals surface area contributed by atoms with Crippen LogP contribution in [0.25, 0.3) is 0 Å². The number of hydrogen-bond acceptors (Lipinski definition) is 4. The van der Waals surface area contributed by atoms with Gasteiger partial charge < -0.3 is 20.3 Å². The zero-order chi connectivity index (χ0) is 13.4. The number of hydrogen-bond donors (Lipinski definition) is 3. The van der Waals surface area contributed by atoms with Crippen molar-refractivity contribution in [2.45, 2.75) is 26.3 Å². The highest BCUT2D eigenvalue weighted by Gasteiger charge is 2.03. The monoisotopic (exact) mass is 253 g/mol.